The van der Waals surface area contributed by atoms with Crippen LogP contribution in [-0.4, -0.2) is 27.7 Å². The summed E-state index contributed by atoms with van der Waals surface area (Å²) < 4.78 is 0. The molecule has 0 bridgehead atoms. The molecular weight excluding hydrogens is 397 g/mol. The molecule has 1 N–H and O–H groups in total. The zero-order valence-electron chi connectivity index (χ0n) is 15.1. The Hall–Kier alpha value is -2.30. The summed E-state index contributed by atoms with van der Waals surface area (Å²) in [6.45, 7) is 0. The van der Waals surface area contributed by atoms with Crippen molar-refractivity contribution >= 4 is 40.7 Å². The van der Waals surface area contributed by atoms with Gasteiger partial charge in [-0.15, -0.1) is 0 Å². The van der Waals surface area contributed by atoms with Crippen molar-refractivity contribution in [2.75, 3.05) is 0 Å². The zero-order chi connectivity index (χ0) is 19.8. The van der Waals surface area contributed by atoms with E-state index in [1.54, 1.807) is 53.4 Å². The maximum absolute atomic E-state index is 12.9. The first kappa shape index (κ1) is 19.0. The predicted molar refractivity (Wildman–Crippen MR) is 109 cm³/mol. The Kier molecular flexibility index (Phi) is 5.17. The Morgan fingerprint density at radius 1 is 0.893 bits per heavy atom. The third kappa shape index (κ3) is 3.31. The molecule has 1 unspecified atom stereocenters. The number of amides is 1. The van der Waals surface area contributed by atoms with Crippen LogP contribution < -0.4 is 0 Å². The van der Waals surface area contributed by atoms with E-state index < -0.39 is 17.7 Å². The van der Waals surface area contributed by atoms with Crippen molar-refractivity contribution in [1.82, 2.24) is 4.90 Å². The van der Waals surface area contributed by atoms with E-state index in [0.29, 0.717) is 15.6 Å². The van der Waals surface area contributed by atoms with Gasteiger partial charge in [0.15, 0.2) is 0 Å². The van der Waals surface area contributed by atoms with Gasteiger partial charge in [0, 0.05) is 21.7 Å². The third-order valence-corrected chi connectivity index (χ3v) is 6.01. The molecule has 1 atom stereocenters. The number of ketones is 1. The number of hydrogen-bond acceptors (Lipinski definition) is 3. The Morgan fingerprint density at radius 2 is 1.43 bits per heavy atom. The van der Waals surface area contributed by atoms with Gasteiger partial charge in [0.2, 0.25) is 0 Å². The summed E-state index contributed by atoms with van der Waals surface area (Å²) in [4.78, 5) is 27.5. The first-order valence-corrected chi connectivity index (χ1v) is 10.0. The fourth-order valence-corrected chi connectivity index (χ4v) is 4.40. The summed E-state index contributed by atoms with van der Waals surface area (Å²) in [5, 5.41) is 12.1. The van der Waals surface area contributed by atoms with Crippen LogP contribution in [0.25, 0.3) is 5.76 Å². The Bertz CT molecular complexity index is 945. The number of hydrogen-bond donors (Lipinski definition) is 1. The molecule has 2 aromatic carbocycles. The lowest BCUT2D eigenvalue weighted by molar-refractivity contribution is -0.141. The third-order valence-electron chi connectivity index (χ3n) is 5.50. The second kappa shape index (κ2) is 7.61. The van der Waals surface area contributed by atoms with Crippen molar-refractivity contribution < 1.29 is 14.7 Å². The number of aliphatic hydroxyl groups is 1. The Labute approximate surface area is 173 Å². The molecule has 28 heavy (non-hydrogen) atoms. The molecule has 6 heteroatoms. The molecule has 1 amide bonds. The van der Waals surface area contributed by atoms with Crippen molar-refractivity contribution in [2.45, 2.75) is 37.8 Å². The molecule has 4 nitrogen and oxygen atoms in total. The fourth-order valence-electron chi connectivity index (χ4n) is 4.14. The van der Waals surface area contributed by atoms with Gasteiger partial charge in [-0.05, 0) is 54.8 Å². The van der Waals surface area contributed by atoms with E-state index in [0.717, 1.165) is 31.2 Å². The van der Waals surface area contributed by atoms with Crippen molar-refractivity contribution in [3.8, 4) is 0 Å². The van der Waals surface area contributed by atoms with E-state index in [2.05, 4.69) is 0 Å². The monoisotopic (exact) mass is 415 g/mol. The molecule has 144 valence electrons. The van der Waals surface area contributed by atoms with Crippen LogP contribution in [0.15, 0.2) is 54.1 Å². The lowest BCUT2D eigenvalue weighted by Crippen LogP contribution is -2.37. The molecule has 1 heterocycles. The highest BCUT2D eigenvalue weighted by molar-refractivity contribution is 6.46. The standard InChI is InChI=1S/C22H19Cl2NO3/c23-15-9-5-13(6-10-15)19-18(20(26)14-7-11-16(24)12-8-14)21(27)22(28)25(19)17-3-1-2-4-17/h5-12,17,19,26H,1-4H2/b20-18-. The van der Waals surface area contributed by atoms with Gasteiger partial charge in [0.25, 0.3) is 11.7 Å². The largest absolute Gasteiger partial charge is 0.507 e. The van der Waals surface area contributed by atoms with Crippen molar-refractivity contribution in [1.29, 1.82) is 0 Å². The molecule has 1 saturated heterocycles. The minimum absolute atomic E-state index is 0.00681. The van der Waals surface area contributed by atoms with E-state index in [1.165, 1.54) is 0 Å². The first-order valence-electron chi connectivity index (χ1n) is 9.29. The van der Waals surface area contributed by atoms with Crippen LogP contribution in [0.1, 0.15) is 42.9 Å². The molecule has 1 saturated carbocycles. The van der Waals surface area contributed by atoms with Crippen LogP contribution in [0.2, 0.25) is 10.0 Å². The summed E-state index contributed by atoms with van der Waals surface area (Å²) in [7, 11) is 0. The predicted octanol–water partition coefficient (Wildman–Crippen LogP) is 5.36. The van der Waals surface area contributed by atoms with Crippen LogP contribution >= 0.6 is 23.2 Å². The van der Waals surface area contributed by atoms with Gasteiger partial charge < -0.3 is 10.0 Å². The number of carbonyl (C=O) groups is 2. The zero-order valence-corrected chi connectivity index (χ0v) is 16.6. The number of aliphatic hydroxyl groups excluding tert-OH is 1. The molecular formula is C22H19Cl2NO3. The van der Waals surface area contributed by atoms with Gasteiger partial charge in [0.1, 0.15) is 5.76 Å². The van der Waals surface area contributed by atoms with Crippen LogP contribution in [0.3, 0.4) is 0 Å². The quantitative estimate of drug-likeness (QED) is 0.417. The molecule has 2 fully saturated rings. The van der Waals surface area contributed by atoms with E-state index in [1.807, 2.05) is 0 Å². The lowest BCUT2D eigenvalue weighted by atomic mass is 9.94. The summed E-state index contributed by atoms with van der Waals surface area (Å²) in [6, 6.07) is 13.0. The lowest BCUT2D eigenvalue weighted by Gasteiger charge is -2.30. The molecule has 2 aromatic rings. The molecule has 0 spiro atoms. The summed E-state index contributed by atoms with van der Waals surface area (Å²) in [5.74, 6) is -1.39. The number of Topliss-reactive ketones (excluding diaryl/α,β-unsaturated/α-hetero) is 1. The Balaban J connectivity index is 1.87. The number of benzene rings is 2. The highest BCUT2D eigenvalue weighted by Gasteiger charge is 2.49. The number of likely N-dealkylation sites (tertiary alicyclic amines) is 1. The Morgan fingerprint density at radius 3 is 2.00 bits per heavy atom. The highest BCUT2D eigenvalue weighted by Crippen LogP contribution is 2.43. The summed E-state index contributed by atoms with van der Waals surface area (Å²) in [5.41, 5.74) is 1.32. The molecule has 1 aliphatic heterocycles. The molecule has 0 aromatic heterocycles. The van der Waals surface area contributed by atoms with E-state index in [9.17, 15) is 14.7 Å². The topological polar surface area (TPSA) is 57.6 Å². The van der Waals surface area contributed by atoms with E-state index in [4.69, 9.17) is 23.2 Å². The van der Waals surface area contributed by atoms with Gasteiger partial charge in [-0.25, -0.2) is 0 Å². The minimum atomic E-state index is -0.653. The second-order valence-corrected chi connectivity index (χ2v) is 8.08. The first-order chi connectivity index (χ1) is 13.5. The molecule has 1 aliphatic carbocycles. The second-order valence-electron chi connectivity index (χ2n) is 7.20. The van der Waals surface area contributed by atoms with Gasteiger partial charge in [-0.3, -0.25) is 9.59 Å². The van der Waals surface area contributed by atoms with Crippen LogP contribution in [-0.2, 0) is 9.59 Å². The normalized spacial score (nSPS) is 22.2. The summed E-state index contributed by atoms with van der Waals surface area (Å²) in [6.07, 6.45) is 3.77. The van der Waals surface area contributed by atoms with Gasteiger partial charge in [0.05, 0.1) is 11.6 Å². The number of carbonyl (C=O) groups excluding carboxylic acids is 2. The van der Waals surface area contributed by atoms with E-state index >= 15 is 0 Å². The van der Waals surface area contributed by atoms with Crippen molar-refractivity contribution in [2.24, 2.45) is 0 Å². The maximum atomic E-state index is 12.9. The smallest absolute Gasteiger partial charge is 0.295 e. The fraction of sp³-hybridized carbons (Fsp3) is 0.273. The van der Waals surface area contributed by atoms with Crippen molar-refractivity contribution in [3.63, 3.8) is 0 Å². The number of halogens is 2. The SMILES string of the molecule is O=C1C(=O)N(C2CCCC2)C(c2ccc(Cl)cc2)/C1=C(/O)c1ccc(Cl)cc1. The van der Waals surface area contributed by atoms with Crippen molar-refractivity contribution in [3.05, 3.63) is 75.3 Å². The van der Waals surface area contributed by atoms with Gasteiger partial charge in [-0.2, -0.15) is 0 Å². The average Bonchev–Trinajstić information content (AvgIpc) is 3.30. The molecule has 4 rings (SSSR count). The molecule has 2 aliphatic rings. The average molecular weight is 416 g/mol. The maximum Gasteiger partial charge on any atom is 0.295 e. The van der Waals surface area contributed by atoms with Crippen LogP contribution in [0, 0.1) is 0 Å². The number of rotatable bonds is 3. The molecule has 0 radical (unpaired) electrons. The van der Waals surface area contributed by atoms with Gasteiger partial charge in [-0.1, -0.05) is 48.2 Å². The van der Waals surface area contributed by atoms with E-state index in [-0.39, 0.29) is 17.4 Å². The minimum Gasteiger partial charge on any atom is -0.507 e. The van der Waals surface area contributed by atoms with Crippen LogP contribution in [0.5, 0.6) is 0 Å². The van der Waals surface area contributed by atoms with Gasteiger partial charge >= 0.3 is 0 Å². The highest BCUT2D eigenvalue weighted by atomic mass is 35.5. The summed E-state index contributed by atoms with van der Waals surface area (Å²) >= 11 is 12.0. The van der Waals surface area contributed by atoms with Crippen LogP contribution in [0.4, 0.5) is 0 Å². The number of nitrogens with zero attached hydrogens (tertiary/aromatic N) is 1.